The maximum Gasteiger partial charge on any atom is 0.433 e. The minimum absolute atomic E-state index is 0.0484. The molecule has 0 aliphatic rings. The Balaban J connectivity index is 2.06. The average molecular weight is 384 g/mol. The van der Waals surface area contributed by atoms with E-state index >= 15 is 0 Å². The van der Waals surface area contributed by atoms with E-state index in [9.17, 15) is 18.0 Å². The van der Waals surface area contributed by atoms with E-state index in [1.807, 2.05) is 0 Å². The average Bonchev–Trinajstić information content (AvgIpc) is 3.22. The van der Waals surface area contributed by atoms with Gasteiger partial charge in [-0.1, -0.05) is 6.07 Å². The van der Waals surface area contributed by atoms with Gasteiger partial charge in [-0.3, -0.25) is 4.79 Å². The van der Waals surface area contributed by atoms with Crippen LogP contribution in [0.15, 0.2) is 29.6 Å². The van der Waals surface area contributed by atoms with E-state index in [0.717, 1.165) is 6.07 Å². The number of fused-ring (bicyclic) bond motifs is 1. The molecule has 0 radical (unpaired) electrons. The summed E-state index contributed by atoms with van der Waals surface area (Å²) in [5.74, 6) is -0.592. The molecule has 0 aliphatic carbocycles. The molecule has 10 heteroatoms. The molecule has 1 amide bonds. The smallest absolute Gasteiger partial charge is 0.383 e. The molecule has 0 fully saturated rings. The van der Waals surface area contributed by atoms with Crippen LogP contribution >= 0.6 is 11.3 Å². The highest BCUT2D eigenvalue weighted by Crippen LogP contribution is 2.33. The summed E-state index contributed by atoms with van der Waals surface area (Å²) >= 11 is 1.28. The topological polar surface area (TPSA) is 68.5 Å². The third-order valence-corrected chi connectivity index (χ3v) is 4.41. The van der Waals surface area contributed by atoms with Gasteiger partial charge in [-0.25, -0.2) is 9.50 Å². The number of nitrogens with one attached hydrogen (secondary N) is 1. The number of halogens is 3. The second kappa shape index (κ2) is 7.04. The minimum Gasteiger partial charge on any atom is -0.383 e. The van der Waals surface area contributed by atoms with E-state index in [2.05, 4.69) is 15.4 Å². The first-order valence-corrected chi connectivity index (χ1v) is 8.49. The highest BCUT2D eigenvalue weighted by molar-refractivity contribution is 7.13. The number of thiophene rings is 1. The minimum atomic E-state index is -4.64. The summed E-state index contributed by atoms with van der Waals surface area (Å²) in [4.78, 5) is 17.0. The van der Waals surface area contributed by atoms with Crippen molar-refractivity contribution in [2.45, 2.75) is 19.1 Å². The Hall–Kier alpha value is -2.46. The molecule has 6 nitrogen and oxygen atoms in total. The monoisotopic (exact) mass is 384 g/mol. The van der Waals surface area contributed by atoms with Crippen LogP contribution in [0.2, 0.25) is 0 Å². The van der Waals surface area contributed by atoms with Crippen molar-refractivity contribution in [2.75, 3.05) is 13.7 Å². The van der Waals surface area contributed by atoms with E-state index in [-0.39, 0.29) is 29.7 Å². The van der Waals surface area contributed by atoms with Crippen LogP contribution in [0.4, 0.5) is 13.2 Å². The second-order valence-electron chi connectivity index (χ2n) is 5.63. The lowest BCUT2D eigenvalue weighted by molar-refractivity contribution is -0.142. The van der Waals surface area contributed by atoms with E-state index < -0.39 is 17.8 Å². The second-order valence-corrected chi connectivity index (χ2v) is 6.58. The van der Waals surface area contributed by atoms with Crippen LogP contribution in [-0.2, 0) is 10.9 Å². The van der Waals surface area contributed by atoms with Gasteiger partial charge in [-0.2, -0.15) is 18.3 Å². The molecule has 3 aromatic heterocycles. The zero-order valence-corrected chi connectivity index (χ0v) is 14.7. The summed E-state index contributed by atoms with van der Waals surface area (Å²) in [6.45, 7) is 1.99. The van der Waals surface area contributed by atoms with Crippen molar-refractivity contribution < 1.29 is 22.7 Å². The summed E-state index contributed by atoms with van der Waals surface area (Å²) in [5, 5.41) is 8.16. The third-order valence-electron chi connectivity index (χ3n) is 3.52. The van der Waals surface area contributed by atoms with Crippen LogP contribution in [-0.4, -0.2) is 40.3 Å². The number of amides is 1. The fourth-order valence-corrected chi connectivity index (χ4v) is 3.11. The van der Waals surface area contributed by atoms with Crippen molar-refractivity contribution in [1.82, 2.24) is 19.9 Å². The van der Waals surface area contributed by atoms with Crippen molar-refractivity contribution in [3.63, 3.8) is 0 Å². The molecule has 0 saturated heterocycles. The fraction of sp³-hybridized carbons (Fsp3) is 0.312. The highest BCUT2D eigenvalue weighted by Gasteiger charge is 2.35. The van der Waals surface area contributed by atoms with Gasteiger partial charge in [-0.15, -0.1) is 11.3 Å². The largest absolute Gasteiger partial charge is 0.433 e. The number of hydrogen-bond acceptors (Lipinski definition) is 5. The maximum atomic E-state index is 13.5. The number of carbonyl (C=O) groups excluding carboxylic acids is 1. The first-order chi connectivity index (χ1) is 12.3. The van der Waals surface area contributed by atoms with E-state index in [1.165, 1.54) is 24.5 Å². The van der Waals surface area contributed by atoms with E-state index in [4.69, 9.17) is 4.74 Å². The van der Waals surface area contributed by atoms with Crippen LogP contribution in [0, 0.1) is 0 Å². The van der Waals surface area contributed by atoms with Crippen molar-refractivity contribution in [3.05, 3.63) is 41.0 Å². The van der Waals surface area contributed by atoms with Crippen molar-refractivity contribution in [1.29, 1.82) is 0 Å². The van der Waals surface area contributed by atoms with Crippen LogP contribution in [0.5, 0.6) is 0 Å². The van der Waals surface area contributed by atoms with Gasteiger partial charge in [0.25, 0.3) is 5.91 Å². The Kier molecular flexibility index (Phi) is 4.97. The number of carbonyl (C=O) groups is 1. The van der Waals surface area contributed by atoms with Gasteiger partial charge in [0.1, 0.15) is 0 Å². The predicted molar refractivity (Wildman–Crippen MR) is 90.1 cm³/mol. The lowest BCUT2D eigenvalue weighted by Crippen LogP contribution is -2.35. The van der Waals surface area contributed by atoms with Gasteiger partial charge in [0.2, 0.25) is 0 Å². The number of ether oxygens (including phenoxy) is 1. The molecule has 3 rings (SSSR count). The standard InChI is InChI=1S/C16H15F3N4O2S/c1-9(8-25-2)20-15(24)11-7-14-21-10(12-4-3-5-26-12)6-13(16(17,18)19)23(14)22-11/h3-7,9H,8H2,1-2H3,(H,20,24). The number of alkyl halides is 3. The van der Waals surface area contributed by atoms with Gasteiger partial charge in [0.15, 0.2) is 17.0 Å². The first kappa shape index (κ1) is 18.3. The summed E-state index contributed by atoms with van der Waals surface area (Å²) in [6, 6.07) is 5.27. The Morgan fingerprint density at radius 3 is 2.81 bits per heavy atom. The van der Waals surface area contributed by atoms with Crippen LogP contribution in [0.25, 0.3) is 16.2 Å². The van der Waals surface area contributed by atoms with Gasteiger partial charge in [0, 0.05) is 19.2 Å². The van der Waals surface area contributed by atoms with Gasteiger partial charge in [0.05, 0.1) is 17.2 Å². The Morgan fingerprint density at radius 2 is 2.19 bits per heavy atom. The quantitative estimate of drug-likeness (QED) is 0.733. The normalized spacial score (nSPS) is 13.1. The Morgan fingerprint density at radius 1 is 1.42 bits per heavy atom. The zero-order valence-electron chi connectivity index (χ0n) is 13.9. The lowest BCUT2D eigenvalue weighted by atomic mass is 10.2. The summed E-state index contributed by atoms with van der Waals surface area (Å²) in [7, 11) is 1.49. The summed E-state index contributed by atoms with van der Waals surface area (Å²) in [6.07, 6.45) is -4.64. The highest BCUT2D eigenvalue weighted by atomic mass is 32.1. The Labute approximate surface area is 150 Å². The van der Waals surface area contributed by atoms with Crippen LogP contribution < -0.4 is 5.32 Å². The van der Waals surface area contributed by atoms with Crippen LogP contribution in [0.1, 0.15) is 23.1 Å². The molecule has 26 heavy (non-hydrogen) atoms. The van der Waals surface area contributed by atoms with E-state index in [0.29, 0.717) is 9.39 Å². The zero-order chi connectivity index (χ0) is 18.9. The molecule has 3 heterocycles. The number of hydrogen-bond donors (Lipinski definition) is 1. The SMILES string of the molecule is COCC(C)NC(=O)c1cc2nc(-c3cccs3)cc(C(F)(F)F)n2n1. The molecule has 1 N–H and O–H groups in total. The van der Waals surface area contributed by atoms with Gasteiger partial charge >= 0.3 is 6.18 Å². The molecular weight excluding hydrogens is 369 g/mol. The molecular formula is C16H15F3N4O2S. The molecule has 0 saturated carbocycles. The molecule has 1 atom stereocenters. The van der Waals surface area contributed by atoms with Crippen LogP contribution in [0.3, 0.4) is 0 Å². The molecule has 3 aromatic rings. The predicted octanol–water partition coefficient (Wildman–Crippen LogP) is 3.24. The Bertz CT molecular complexity index is 922. The fourth-order valence-electron chi connectivity index (χ4n) is 2.43. The first-order valence-electron chi connectivity index (χ1n) is 7.61. The number of methoxy groups -OCH3 is 1. The third kappa shape index (κ3) is 3.70. The van der Waals surface area contributed by atoms with Crippen molar-refractivity contribution in [3.8, 4) is 10.6 Å². The van der Waals surface area contributed by atoms with Gasteiger partial charge < -0.3 is 10.1 Å². The summed E-state index contributed by atoms with van der Waals surface area (Å²) in [5.41, 5.74) is -1.00. The molecule has 0 aromatic carbocycles. The number of nitrogens with zero attached hydrogens (tertiary/aromatic N) is 3. The number of aromatic nitrogens is 3. The molecule has 0 bridgehead atoms. The van der Waals surface area contributed by atoms with Crippen molar-refractivity contribution in [2.24, 2.45) is 0 Å². The maximum absolute atomic E-state index is 13.5. The summed E-state index contributed by atoms with van der Waals surface area (Å²) < 4.78 is 45.9. The molecule has 0 spiro atoms. The number of rotatable bonds is 5. The molecule has 138 valence electrons. The molecule has 1 unspecified atom stereocenters. The van der Waals surface area contributed by atoms with E-state index in [1.54, 1.807) is 24.4 Å². The van der Waals surface area contributed by atoms with Crippen molar-refractivity contribution >= 4 is 22.9 Å². The lowest BCUT2D eigenvalue weighted by Gasteiger charge is -2.11. The van der Waals surface area contributed by atoms with Gasteiger partial charge in [-0.05, 0) is 24.4 Å². The molecule has 0 aliphatic heterocycles.